The van der Waals surface area contributed by atoms with E-state index in [9.17, 15) is 0 Å². The molecule has 0 radical (unpaired) electrons. The standard InChI is InChI=1S/C27H31N/c1-4-24-15-9-11-17-26(24)27(25-16-10-8-12-22(25)2)19-21-28(3)20-18-23-13-6-5-7-14-23/h5-17,19H,4,18,20-21H2,1-3H3/b27-19-. The van der Waals surface area contributed by atoms with Gasteiger partial charge in [0.1, 0.15) is 0 Å². The van der Waals surface area contributed by atoms with Crippen molar-refractivity contribution in [3.63, 3.8) is 0 Å². The zero-order chi connectivity index (χ0) is 19.8. The van der Waals surface area contributed by atoms with Gasteiger partial charge in [-0.05, 0) is 60.2 Å². The summed E-state index contributed by atoms with van der Waals surface area (Å²) in [5.41, 5.74) is 8.17. The molecule has 144 valence electrons. The van der Waals surface area contributed by atoms with Crippen LogP contribution in [0.15, 0.2) is 84.9 Å². The summed E-state index contributed by atoms with van der Waals surface area (Å²) >= 11 is 0. The second kappa shape index (κ2) is 10.1. The third-order valence-electron chi connectivity index (χ3n) is 5.36. The van der Waals surface area contributed by atoms with Gasteiger partial charge in [-0.3, -0.25) is 0 Å². The van der Waals surface area contributed by atoms with Crippen molar-refractivity contribution >= 4 is 5.57 Å². The number of rotatable bonds is 8. The monoisotopic (exact) mass is 369 g/mol. The Labute approximate surface area is 170 Å². The maximum Gasteiger partial charge on any atom is 0.0169 e. The summed E-state index contributed by atoms with van der Waals surface area (Å²) in [7, 11) is 2.21. The van der Waals surface area contributed by atoms with Crippen LogP contribution in [0.2, 0.25) is 0 Å². The molecular formula is C27H31N. The van der Waals surface area contributed by atoms with E-state index in [1.807, 2.05) is 0 Å². The third kappa shape index (κ3) is 5.21. The van der Waals surface area contributed by atoms with Crippen LogP contribution in [0.1, 0.15) is 34.7 Å². The Hall–Kier alpha value is -2.64. The predicted molar refractivity (Wildman–Crippen MR) is 122 cm³/mol. The Balaban J connectivity index is 1.83. The van der Waals surface area contributed by atoms with Crippen LogP contribution < -0.4 is 0 Å². The maximum absolute atomic E-state index is 2.40. The van der Waals surface area contributed by atoms with Gasteiger partial charge in [0, 0.05) is 13.1 Å². The second-order valence-corrected chi connectivity index (χ2v) is 7.44. The molecule has 0 amide bonds. The van der Waals surface area contributed by atoms with Crippen LogP contribution in [-0.2, 0) is 12.8 Å². The smallest absolute Gasteiger partial charge is 0.0169 e. The highest BCUT2D eigenvalue weighted by Crippen LogP contribution is 2.29. The highest BCUT2D eigenvalue weighted by molar-refractivity contribution is 5.83. The molecule has 0 unspecified atom stereocenters. The molecule has 0 aliphatic carbocycles. The molecule has 0 fully saturated rings. The van der Waals surface area contributed by atoms with Crippen molar-refractivity contribution in [2.45, 2.75) is 26.7 Å². The molecule has 0 heterocycles. The van der Waals surface area contributed by atoms with E-state index in [4.69, 9.17) is 0 Å². The summed E-state index contributed by atoms with van der Waals surface area (Å²) in [5.74, 6) is 0. The van der Waals surface area contributed by atoms with E-state index >= 15 is 0 Å². The van der Waals surface area contributed by atoms with Gasteiger partial charge in [-0.1, -0.05) is 91.9 Å². The van der Waals surface area contributed by atoms with E-state index in [-0.39, 0.29) is 0 Å². The van der Waals surface area contributed by atoms with Gasteiger partial charge in [0.05, 0.1) is 0 Å². The lowest BCUT2D eigenvalue weighted by molar-refractivity contribution is 0.375. The largest absolute Gasteiger partial charge is 0.302 e. The fourth-order valence-corrected chi connectivity index (χ4v) is 3.63. The minimum absolute atomic E-state index is 0.939. The van der Waals surface area contributed by atoms with E-state index in [1.165, 1.54) is 33.4 Å². The van der Waals surface area contributed by atoms with Crippen LogP contribution in [0.3, 0.4) is 0 Å². The van der Waals surface area contributed by atoms with E-state index < -0.39 is 0 Å². The summed E-state index contributed by atoms with van der Waals surface area (Å²) < 4.78 is 0. The zero-order valence-electron chi connectivity index (χ0n) is 17.4. The van der Waals surface area contributed by atoms with Crippen molar-refractivity contribution < 1.29 is 0 Å². The van der Waals surface area contributed by atoms with Gasteiger partial charge in [0.25, 0.3) is 0 Å². The average molecular weight is 370 g/mol. The lowest BCUT2D eigenvalue weighted by Crippen LogP contribution is -2.21. The van der Waals surface area contributed by atoms with Gasteiger partial charge in [-0.2, -0.15) is 0 Å². The first-order valence-electron chi connectivity index (χ1n) is 10.3. The summed E-state index contributed by atoms with van der Waals surface area (Å²) in [6.07, 6.45) is 4.53. The first-order valence-corrected chi connectivity index (χ1v) is 10.3. The summed E-state index contributed by atoms with van der Waals surface area (Å²) in [4.78, 5) is 2.40. The molecule has 3 rings (SSSR count). The maximum atomic E-state index is 2.40. The second-order valence-electron chi connectivity index (χ2n) is 7.44. The van der Waals surface area contributed by atoms with Crippen LogP contribution in [0.25, 0.3) is 5.57 Å². The molecule has 3 aromatic carbocycles. The topological polar surface area (TPSA) is 3.24 Å². The molecule has 1 heteroatoms. The third-order valence-corrected chi connectivity index (χ3v) is 5.36. The highest BCUT2D eigenvalue weighted by atomic mass is 15.1. The molecule has 1 nitrogen and oxygen atoms in total. The summed E-state index contributed by atoms with van der Waals surface area (Å²) in [5, 5.41) is 0. The normalized spacial score (nSPS) is 11.8. The van der Waals surface area contributed by atoms with Crippen LogP contribution in [0.5, 0.6) is 0 Å². The molecule has 0 N–H and O–H groups in total. The Morgan fingerprint density at radius 3 is 2.18 bits per heavy atom. The molecule has 3 aromatic rings. The summed E-state index contributed by atoms with van der Waals surface area (Å²) in [6, 6.07) is 28.3. The number of nitrogens with zero attached hydrogens (tertiary/aromatic N) is 1. The molecule has 0 aliphatic heterocycles. The van der Waals surface area contributed by atoms with Gasteiger partial charge in [-0.15, -0.1) is 0 Å². The van der Waals surface area contributed by atoms with Gasteiger partial charge >= 0.3 is 0 Å². The van der Waals surface area contributed by atoms with E-state index in [0.717, 1.165) is 25.9 Å². The van der Waals surface area contributed by atoms with Gasteiger partial charge < -0.3 is 4.90 Å². The molecular weight excluding hydrogens is 338 g/mol. The minimum atomic E-state index is 0.939. The van der Waals surface area contributed by atoms with Gasteiger partial charge in [0.15, 0.2) is 0 Å². The number of benzene rings is 3. The lowest BCUT2D eigenvalue weighted by Gasteiger charge is -2.18. The first-order chi connectivity index (χ1) is 13.7. The zero-order valence-corrected chi connectivity index (χ0v) is 17.4. The minimum Gasteiger partial charge on any atom is -0.302 e. The Morgan fingerprint density at radius 2 is 1.46 bits per heavy atom. The molecule has 0 aromatic heterocycles. The number of aryl methyl sites for hydroxylation is 2. The average Bonchev–Trinajstić information content (AvgIpc) is 2.74. The fraction of sp³-hybridized carbons (Fsp3) is 0.259. The van der Waals surface area contributed by atoms with Crippen molar-refractivity contribution in [2.75, 3.05) is 20.1 Å². The van der Waals surface area contributed by atoms with Crippen LogP contribution in [0, 0.1) is 6.92 Å². The van der Waals surface area contributed by atoms with Crippen molar-refractivity contribution in [1.29, 1.82) is 0 Å². The molecule has 28 heavy (non-hydrogen) atoms. The van der Waals surface area contributed by atoms with Crippen LogP contribution >= 0.6 is 0 Å². The lowest BCUT2D eigenvalue weighted by atomic mass is 9.90. The van der Waals surface area contributed by atoms with Crippen LogP contribution in [0.4, 0.5) is 0 Å². The number of hydrogen-bond donors (Lipinski definition) is 0. The molecule has 0 spiro atoms. The van der Waals surface area contributed by atoms with E-state index in [0.29, 0.717) is 0 Å². The SMILES string of the molecule is CCc1ccccc1/C(=C\CN(C)CCc1ccccc1)c1ccccc1C. The molecule has 0 atom stereocenters. The Bertz CT molecular complexity index is 908. The Kier molecular flexibility index (Phi) is 7.22. The summed E-state index contributed by atoms with van der Waals surface area (Å²) in [6.45, 7) is 6.43. The van der Waals surface area contributed by atoms with Gasteiger partial charge in [0.2, 0.25) is 0 Å². The van der Waals surface area contributed by atoms with Crippen molar-refractivity contribution in [3.05, 3.63) is 113 Å². The first kappa shape index (κ1) is 20.1. The molecule has 0 saturated heterocycles. The predicted octanol–water partition coefficient (Wildman–Crippen LogP) is 6.16. The van der Waals surface area contributed by atoms with E-state index in [2.05, 4.69) is 111 Å². The number of hydrogen-bond acceptors (Lipinski definition) is 1. The van der Waals surface area contributed by atoms with Crippen LogP contribution in [-0.4, -0.2) is 25.0 Å². The number of likely N-dealkylation sites (N-methyl/N-ethyl adjacent to an activating group) is 1. The molecule has 0 bridgehead atoms. The van der Waals surface area contributed by atoms with E-state index in [1.54, 1.807) is 0 Å². The highest BCUT2D eigenvalue weighted by Gasteiger charge is 2.11. The van der Waals surface area contributed by atoms with Crippen molar-refractivity contribution in [1.82, 2.24) is 4.90 Å². The fourth-order valence-electron chi connectivity index (χ4n) is 3.63. The Morgan fingerprint density at radius 1 is 0.821 bits per heavy atom. The molecule has 0 aliphatic rings. The van der Waals surface area contributed by atoms with Crippen molar-refractivity contribution in [2.24, 2.45) is 0 Å². The van der Waals surface area contributed by atoms with Crippen molar-refractivity contribution in [3.8, 4) is 0 Å². The quantitative estimate of drug-likeness (QED) is 0.459. The molecule has 0 saturated carbocycles. The van der Waals surface area contributed by atoms with Gasteiger partial charge in [-0.25, -0.2) is 0 Å².